The molecular weight excluding hydrogens is 524 g/mol. The van der Waals surface area contributed by atoms with E-state index in [4.69, 9.17) is 16.3 Å². The molecule has 0 aliphatic carbocycles. The van der Waals surface area contributed by atoms with Crippen molar-refractivity contribution in [3.05, 3.63) is 35.9 Å². The van der Waals surface area contributed by atoms with E-state index in [9.17, 15) is 19.8 Å². The Balaban J connectivity index is 1.95. The summed E-state index contributed by atoms with van der Waals surface area (Å²) in [7, 11) is 0. The molecule has 0 aliphatic rings. The Hall–Kier alpha value is -1.59. The van der Waals surface area contributed by atoms with Gasteiger partial charge in [-0.25, -0.2) is 0 Å². The number of hydrogen-bond donors (Lipinski definition) is 2. The zero-order valence-corrected chi connectivity index (χ0v) is 26.2. The Bertz CT molecular complexity index is 780. The fourth-order valence-electron chi connectivity index (χ4n) is 5.65. The average Bonchev–Trinajstić information content (AvgIpc) is 2.96. The summed E-state index contributed by atoms with van der Waals surface area (Å²) in [5.74, 6) is -1.27. The van der Waals surface area contributed by atoms with Gasteiger partial charge in [-0.05, 0) is 50.5 Å². The number of ether oxygens (including phenoxy) is 1. The number of carboxylic acids is 2. The second-order valence-electron chi connectivity index (χ2n) is 11.7. The van der Waals surface area contributed by atoms with Crippen molar-refractivity contribution in [2.45, 2.75) is 136 Å². The van der Waals surface area contributed by atoms with Gasteiger partial charge in [-0.15, -0.1) is 11.6 Å². The predicted molar refractivity (Wildman–Crippen MR) is 166 cm³/mol. The molecular formula is C34H57ClO5. The lowest BCUT2D eigenvalue weighted by Gasteiger charge is -2.27. The molecule has 0 saturated carbocycles. The summed E-state index contributed by atoms with van der Waals surface area (Å²) in [6, 6.07) is 9.80. The predicted octanol–water partition coefficient (Wildman–Crippen LogP) is 9.69. The number of alkyl halides is 1. The Labute approximate surface area is 249 Å². The van der Waals surface area contributed by atoms with Crippen LogP contribution in [0.5, 0.6) is 0 Å². The minimum absolute atomic E-state index is 0.145. The van der Waals surface area contributed by atoms with Crippen molar-refractivity contribution in [2.75, 3.05) is 19.1 Å². The fraction of sp³-hybridized carbons (Fsp3) is 0.765. The van der Waals surface area contributed by atoms with Crippen LogP contribution in [0.15, 0.2) is 30.3 Å². The molecule has 1 aromatic carbocycles. The molecule has 0 spiro atoms. The summed E-state index contributed by atoms with van der Waals surface area (Å²) in [5.41, 5.74) is -0.355. The van der Waals surface area contributed by atoms with E-state index in [1.807, 2.05) is 44.2 Å². The van der Waals surface area contributed by atoms with Crippen molar-refractivity contribution in [1.29, 1.82) is 0 Å². The lowest BCUT2D eigenvalue weighted by atomic mass is 9.78. The third-order valence-electron chi connectivity index (χ3n) is 8.79. The van der Waals surface area contributed by atoms with Crippen LogP contribution in [-0.2, 0) is 20.7 Å². The highest BCUT2D eigenvalue weighted by molar-refractivity contribution is 6.19. The van der Waals surface area contributed by atoms with Crippen molar-refractivity contribution in [3.8, 4) is 0 Å². The highest BCUT2D eigenvalue weighted by atomic mass is 35.5. The molecule has 0 heterocycles. The molecule has 1 aromatic rings. The van der Waals surface area contributed by atoms with Crippen molar-refractivity contribution in [2.24, 2.45) is 10.8 Å². The van der Waals surface area contributed by atoms with Crippen LogP contribution in [0.1, 0.15) is 135 Å². The number of rotatable bonds is 27. The Morgan fingerprint density at radius 1 is 0.650 bits per heavy atom. The number of aliphatic carboxylic acids is 2. The zero-order chi connectivity index (χ0) is 29.5. The number of carboxylic acid groups (broad SMARTS) is 2. The maximum Gasteiger partial charge on any atom is 0.311 e. The van der Waals surface area contributed by atoms with Crippen molar-refractivity contribution >= 4 is 23.5 Å². The van der Waals surface area contributed by atoms with E-state index in [2.05, 4.69) is 0 Å². The van der Waals surface area contributed by atoms with Gasteiger partial charge < -0.3 is 14.9 Å². The summed E-state index contributed by atoms with van der Waals surface area (Å²) in [6.45, 7) is 5.68. The summed E-state index contributed by atoms with van der Waals surface area (Å²) in [6.07, 6.45) is 19.3. The number of benzene rings is 1. The molecule has 5 nitrogen and oxygen atoms in total. The summed E-state index contributed by atoms with van der Waals surface area (Å²) in [4.78, 5) is 23.6. The van der Waals surface area contributed by atoms with Gasteiger partial charge in [-0.3, -0.25) is 9.59 Å². The van der Waals surface area contributed by atoms with Crippen molar-refractivity contribution in [1.82, 2.24) is 0 Å². The minimum atomic E-state index is -0.875. The SMILES string of the molecule is CCC(CC)(CCCCCCCCCOCCCCCCCCCC(CCl)(Cc1ccccc1)C(=O)O)C(=O)O. The van der Waals surface area contributed by atoms with Crippen molar-refractivity contribution in [3.63, 3.8) is 0 Å². The van der Waals surface area contributed by atoms with Gasteiger partial charge in [-0.1, -0.05) is 121 Å². The van der Waals surface area contributed by atoms with Gasteiger partial charge in [0.25, 0.3) is 0 Å². The van der Waals surface area contributed by atoms with Gasteiger partial charge in [0.15, 0.2) is 0 Å². The van der Waals surface area contributed by atoms with Gasteiger partial charge in [0.2, 0.25) is 0 Å². The van der Waals surface area contributed by atoms with E-state index in [1.165, 1.54) is 44.9 Å². The quantitative estimate of drug-likeness (QED) is 0.0799. The molecule has 0 bridgehead atoms. The van der Waals surface area contributed by atoms with Crippen LogP contribution in [0.3, 0.4) is 0 Å². The molecule has 6 heteroatoms. The molecule has 230 valence electrons. The van der Waals surface area contributed by atoms with E-state index in [-0.39, 0.29) is 5.88 Å². The first-order valence-electron chi connectivity index (χ1n) is 16.0. The lowest BCUT2D eigenvalue weighted by molar-refractivity contribution is -0.150. The normalized spacial score (nSPS) is 13.3. The van der Waals surface area contributed by atoms with Crippen LogP contribution < -0.4 is 0 Å². The van der Waals surface area contributed by atoms with Crippen LogP contribution in [0.4, 0.5) is 0 Å². The van der Waals surface area contributed by atoms with Gasteiger partial charge >= 0.3 is 11.9 Å². The summed E-state index contributed by atoms with van der Waals surface area (Å²) >= 11 is 6.17. The number of carbonyl (C=O) groups is 2. The highest BCUT2D eigenvalue weighted by Crippen LogP contribution is 2.34. The van der Waals surface area contributed by atoms with Crippen LogP contribution in [-0.4, -0.2) is 41.2 Å². The minimum Gasteiger partial charge on any atom is -0.481 e. The van der Waals surface area contributed by atoms with E-state index in [0.29, 0.717) is 12.8 Å². The first-order chi connectivity index (χ1) is 19.4. The maximum absolute atomic E-state index is 12.0. The third-order valence-corrected chi connectivity index (χ3v) is 9.30. The van der Waals surface area contributed by atoms with Crippen LogP contribution >= 0.6 is 11.6 Å². The largest absolute Gasteiger partial charge is 0.481 e. The second kappa shape index (κ2) is 22.1. The van der Waals surface area contributed by atoms with Crippen LogP contribution in [0.2, 0.25) is 0 Å². The van der Waals surface area contributed by atoms with Gasteiger partial charge in [0, 0.05) is 19.1 Å². The topological polar surface area (TPSA) is 83.8 Å². The van der Waals surface area contributed by atoms with E-state index >= 15 is 0 Å². The molecule has 0 radical (unpaired) electrons. The lowest BCUT2D eigenvalue weighted by Crippen LogP contribution is -2.35. The Morgan fingerprint density at radius 2 is 1.05 bits per heavy atom. The molecule has 0 fully saturated rings. The van der Waals surface area contributed by atoms with Crippen molar-refractivity contribution < 1.29 is 24.5 Å². The third kappa shape index (κ3) is 14.3. The van der Waals surface area contributed by atoms with E-state index in [1.54, 1.807) is 0 Å². The van der Waals surface area contributed by atoms with Crippen LogP contribution in [0.25, 0.3) is 0 Å². The van der Waals surface area contributed by atoms with E-state index < -0.39 is 22.8 Å². The second-order valence-corrected chi connectivity index (χ2v) is 12.0. The van der Waals surface area contributed by atoms with E-state index in [0.717, 1.165) is 83.0 Å². The molecule has 0 aliphatic heterocycles. The molecule has 1 rings (SSSR count). The number of unbranched alkanes of at least 4 members (excludes halogenated alkanes) is 12. The first kappa shape index (κ1) is 36.4. The molecule has 40 heavy (non-hydrogen) atoms. The average molecular weight is 581 g/mol. The Morgan fingerprint density at radius 3 is 1.45 bits per heavy atom. The summed E-state index contributed by atoms with van der Waals surface area (Å²) in [5, 5.41) is 19.4. The standard InChI is InChI=1S/C34H57ClO5/c1-3-33(4-2,31(36)37)24-18-11-7-5-9-13-20-26-40-27-21-14-10-6-8-12-19-25-34(29-35,32(38)39)28-30-22-16-15-17-23-30/h15-17,22-23H,3-14,18-21,24-29H2,1-2H3,(H,36,37)(H,38,39). The van der Waals surface area contributed by atoms with Gasteiger partial charge in [0.1, 0.15) is 0 Å². The van der Waals surface area contributed by atoms with Gasteiger partial charge in [-0.2, -0.15) is 0 Å². The van der Waals surface area contributed by atoms with Crippen LogP contribution in [0, 0.1) is 10.8 Å². The smallest absolute Gasteiger partial charge is 0.311 e. The highest BCUT2D eigenvalue weighted by Gasteiger charge is 2.37. The Kier molecular flexibility index (Phi) is 20.1. The number of halogens is 1. The first-order valence-corrected chi connectivity index (χ1v) is 16.5. The van der Waals surface area contributed by atoms with Gasteiger partial charge in [0.05, 0.1) is 10.8 Å². The zero-order valence-electron chi connectivity index (χ0n) is 25.4. The summed E-state index contributed by atoms with van der Waals surface area (Å²) < 4.78 is 5.81. The molecule has 0 saturated heterocycles. The molecule has 0 amide bonds. The molecule has 1 atom stereocenters. The maximum atomic E-state index is 12.0. The molecule has 1 unspecified atom stereocenters. The fourth-order valence-corrected chi connectivity index (χ4v) is 5.99. The number of hydrogen-bond acceptors (Lipinski definition) is 3. The molecule has 0 aromatic heterocycles. The molecule has 2 N–H and O–H groups in total. The monoisotopic (exact) mass is 580 g/mol.